The van der Waals surface area contributed by atoms with Crippen molar-refractivity contribution in [3.63, 3.8) is 0 Å². The van der Waals surface area contributed by atoms with Crippen LogP contribution in [0.1, 0.15) is 27.6 Å². The Kier molecular flexibility index (Phi) is 3.54. The molecule has 0 bridgehead atoms. The van der Waals surface area contributed by atoms with Crippen LogP contribution in [0.4, 0.5) is 5.69 Å². The van der Waals surface area contributed by atoms with Crippen molar-refractivity contribution in [2.45, 2.75) is 6.92 Å². The Morgan fingerprint density at radius 1 is 0.955 bits per heavy atom. The summed E-state index contributed by atoms with van der Waals surface area (Å²) in [5.41, 5.74) is 1.05. The third-order valence-corrected chi connectivity index (χ3v) is 3.87. The summed E-state index contributed by atoms with van der Waals surface area (Å²) in [6.45, 7) is 1.31. The highest BCUT2D eigenvalue weighted by Gasteiger charge is 2.40. The molecule has 3 amide bonds. The molecule has 0 saturated heterocycles. The second-order valence-corrected chi connectivity index (χ2v) is 5.69. The van der Waals surface area contributed by atoms with Gasteiger partial charge < -0.3 is 0 Å². The number of hydrazine groups is 1. The Morgan fingerprint density at radius 2 is 1.45 bits per heavy atom. The number of rotatable bonds is 2. The number of fused-ring (bicyclic) bond motifs is 1. The van der Waals surface area contributed by atoms with Crippen LogP contribution in [-0.4, -0.2) is 22.7 Å². The zero-order valence-electron chi connectivity index (χ0n) is 11.6. The smallest absolute Gasteiger partial charge is 0.273 e. The number of amides is 3. The van der Waals surface area contributed by atoms with Gasteiger partial charge in [-0.05, 0) is 36.4 Å². The van der Waals surface area contributed by atoms with Crippen molar-refractivity contribution >= 4 is 39.3 Å². The van der Waals surface area contributed by atoms with E-state index in [1.807, 2.05) is 0 Å². The van der Waals surface area contributed by atoms with E-state index in [0.717, 1.165) is 14.5 Å². The number of hydrogen-bond acceptors (Lipinski definition) is 3. The first-order chi connectivity index (χ1) is 10.5. The van der Waals surface area contributed by atoms with E-state index in [1.165, 1.54) is 6.92 Å². The minimum atomic E-state index is -0.501. The van der Waals surface area contributed by atoms with Gasteiger partial charge in [0, 0.05) is 11.4 Å². The second-order valence-electron chi connectivity index (χ2n) is 4.77. The summed E-state index contributed by atoms with van der Waals surface area (Å²) in [6.07, 6.45) is 0. The Hall–Kier alpha value is -2.47. The number of carbonyl (C=O) groups excluding carboxylic acids is 3. The summed E-state index contributed by atoms with van der Waals surface area (Å²) < 4.78 is 0.835. The highest BCUT2D eigenvalue weighted by Crippen LogP contribution is 2.28. The van der Waals surface area contributed by atoms with Gasteiger partial charge in [0.2, 0.25) is 5.91 Å². The summed E-state index contributed by atoms with van der Waals surface area (Å²) >= 11 is 3.31. The maximum atomic E-state index is 12.5. The molecule has 6 heteroatoms. The van der Waals surface area contributed by atoms with Gasteiger partial charge in [-0.15, -0.1) is 0 Å². The summed E-state index contributed by atoms with van der Waals surface area (Å²) in [6, 6.07) is 13.3. The van der Waals surface area contributed by atoms with E-state index in [4.69, 9.17) is 0 Å². The van der Waals surface area contributed by atoms with Crippen LogP contribution in [-0.2, 0) is 4.79 Å². The van der Waals surface area contributed by atoms with Crippen LogP contribution < -0.4 is 5.01 Å². The largest absolute Gasteiger partial charge is 0.281 e. The topological polar surface area (TPSA) is 57.7 Å². The van der Waals surface area contributed by atoms with Gasteiger partial charge in [-0.3, -0.25) is 14.4 Å². The van der Waals surface area contributed by atoms with Crippen molar-refractivity contribution < 1.29 is 14.4 Å². The fraction of sp³-hybridized carbons (Fsp3) is 0.0625. The Bertz CT molecular complexity index is 751. The lowest BCUT2D eigenvalue weighted by Gasteiger charge is -2.28. The summed E-state index contributed by atoms with van der Waals surface area (Å²) in [5, 5.41) is 1.98. The maximum absolute atomic E-state index is 12.5. The molecule has 5 nitrogen and oxygen atoms in total. The molecular weight excluding hydrogens is 348 g/mol. The summed E-state index contributed by atoms with van der Waals surface area (Å²) in [5.74, 6) is -1.42. The van der Waals surface area contributed by atoms with Gasteiger partial charge in [0.1, 0.15) is 0 Å². The van der Waals surface area contributed by atoms with E-state index >= 15 is 0 Å². The highest BCUT2D eigenvalue weighted by molar-refractivity contribution is 9.10. The third-order valence-electron chi connectivity index (χ3n) is 3.34. The van der Waals surface area contributed by atoms with Crippen LogP contribution >= 0.6 is 15.9 Å². The first kappa shape index (κ1) is 14.5. The Balaban J connectivity index is 2.08. The zero-order chi connectivity index (χ0) is 15.9. The normalized spacial score (nSPS) is 13.3. The van der Waals surface area contributed by atoms with Crippen molar-refractivity contribution in [2.24, 2.45) is 0 Å². The molecule has 0 saturated carbocycles. The molecule has 0 N–H and O–H groups in total. The number of nitrogens with zero attached hydrogens (tertiary/aromatic N) is 2. The van der Waals surface area contributed by atoms with Crippen molar-refractivity contribution in [1.82, 2.24) is 5.01 Å². The molecule has 1 aliphatic rings. The van der Waals surface area contributed by atoms with Crippen LogP contribution in [0.15, 0.2) is 53.0 Å². The zero-order valence-corrected chi connectivity index (χ0v) is 13.2. The molecule has 0 atom stereocenters. The minimum absolute atomic E-state index is 0.302. The van der Waals surface area contributed by atoms with Crippen molar-refractivity contribution in [3.8, 4) is 0 Å². The molecule has 0 fully saturated rings. The van der Waals surface area contributed by atoms with Crippen LogP contribution in [0.5, 0.6) is 0 Å². The molecule has 110 valence electrons. The van der Waals surface area contributed by atoms with Gasteiger partial charge in [-0.25, -0.2) is 5.01 Å². The number of carbonyl (C=O) groups is 3. The number of anilines is 1. The summed E-state index contributed by atoms with van der Waals surface area (Å²) in [7, 11) is 0. The molecule has 22 heavy (non-hydrogen) atoms. The fourth-order valence-corrected chi connectivity index (χ4v) is 2.64. The van der Waals surface area contributed by atoms with E-state index in [0.29, 0.717) is 16.8 Å². The van der Waals surface area contributed by atoms with Crippen molar-refractivity contribution in [2.75, 3.05) is 5.01 Å². The Morgan fingerprint density at radius 3 is 1.91 bits per heavy atom. The Labute approximate surface area is 135 Å². The highest BCUT2D eigenvalue weighted by atomic mass is 79.9. The molecule has 1 aliphatic heterocycles. The third kappa shape index (κ3) is 2.21. The minimum Gasteiger partial charge on any atom is -0.273 e. The van der Waals surface area contributed by atoms with Gasteiger partial charge in [0.25, 0.3) is 11.8 Å². The van der Waals surface area contributed by atoms with Crippen LogP contribution in [0.3, 0.4) is 0 Å². The number of benzene rings is 2. The number of halogens is 1. The van der Waals surface area contributed by atoms with E-state index in [2.05, 4.69) is 15.9 Å². The lowest BCUT2D eigenvalue weighted by molar-refractivity contribution is -0.118. The summed E-state index contributed by atoms with van der Waals surface area (Å²) in [4.78, 5) is 37.0. The molecule has 2 aromatic carbocycles. The monoisotopic (exact) mass is 358 g/mol. The van der Waals surface area contributed by atoms with Gasteiger partial charge in [0.05, 0.1) is 16.8 Å². The van der Waals surface area contributed by atoms with Gasteiger partial charge >= 0.3 is 0 Å². The van der Waals surface area contributed by atoms with Crippen LogP contribution in [0.25, 0.3) is 0 Å². The molecule has 1 heterocycles. The molecule has 2 aromatic rings. The first-order valence-corrected chi connectivity index (χ1v) is 7.34. The average molecular weight is 359 g/mol. The standard InChI is InChI=1S/C16H11BrN2O3/c1-10(20)18(12-8-6-11(17)7-9-12)19-15(21)13-4-2-3-5-14(13)16(19)22/h2-9H,1H3. The molecule has 0 radical (unpaired) electrons. The predicted molar refractivity (Wildman–Crippen MR) is 84.2 cm³/mol. The van der Waals surface area contributed by atoms with Crippen LogP contribution in [0, 0.1) is 0 Å². The molecule has 0 unspecified atom stereocenters. The first-order valence-electron chi connectivity index (χ1n) is 6.54. The quantitative estimate of drug-likeness (QED) is 0.775. The van der Waals surface area contributed by atoms with Gasteiger partial charge in [-0.1, -0.05) is 28.1 Å². The van der Waals surface area contributed by atoms with E-state index in [1.54, 1.807) is 48.5 Å². The maximum Gasteiger partial charge on any atom is 0.281 e. The molecule has 0 aromatic heterocycles. The van der Waals surface area contributed by atoms with E-state index in [9.17, 15) is 14.4 Å². The lowest BCUT2D eigenvalue weighted by atomic mass is 10.1. The van der Waals surface area contributed by atoms with Crippen molar-refractivity contribution in [1.29, 1.82) is 0 Å². The molecular formula is C16H11BrN2O3. The SMILES string of the molecule is CC(=O)N(c1ccc(Br)cc1)N1C(=O)c2ccccc2C1=O. The lowest BCUT2D eigenvalue weighted by Crippen LogP contribution is -2.49. The fourth-order valence-electron chi connectivity index (χ4n) is 2.38. The van der Waals surface area contributed by atoms with E-state index < -0.39 is 17.7 Å². The van der Waals surface area contributed by atoms with Gasteiger partial charge in [0.15, 0.2) is 0 Å². The molecule has 0 spiro atoms. The predicted octanol–water partition coefficient (Wildman–Crippen LogP) is 3.01. The number of imide groups is 1. The van der Waals surface area contributed by atoms with Crippen LogP contribution in [0.2, 0.25) is 0 Å². The van der Waals surface area contributed by atoms with E-state index in [-0.39, 0.29) is 0 Å². The molecule has 3 rings (SSSR count). The average Bonchev–Trinajstić information content (AvgIpc) is 2.75. The van der Waals surface area contributed by atoms with Gasteiger partial charge in [-0.2, -0.15) is 5.01 Å². The van der Waals surface area contributed by atoms with Crippen molar-refractivity contribution in [3.05, 3.63) is 64.1 Å². The molecule has 0 aliphatic carbocycles. The second kappa shape index (κ2) is 5.38. The number of hydrogen-bond donors (Lipinski definition) is 0.